The van der Waals surface area contributed by atoms with E-state index in [9.17, 15) is 35.7 Å². The van der Waals surface area contributed by atoms with Crippen LogP contribution in [-0.4, -0.2) is 20.9 Å². The second-order valence-corrected chi connectivity index (χ2v) is 11.0. The van der Waals surface area contributed by atoms with Gasteiger partial charge in [0.05, 0.1) is 27.1 Å². The number of carbonyl (C=O) groups excluding carboxylic acids is 1. The van der Waals surface area contributed by atoms with Crippen molar-refractivity contribution in [3.05, 3.63) is 98.7 Å². The second kappa shape index (κ2) is 10.3. The Bertz CT molecular complexity index is 1550. The monoisotopic (exact) mass is 566 g/mol. The highest BCUT2D eigenvalue weighted by atomic mass is 35.5. The molecule has 3 aromatic rings. The van der Waals surface area contributed by atoms with Crippen molar-refractivity contribution in [3.63, 3.8) is 0 Å². The molecular weight excluding hydrogens is 548 g/mol. The molecule has 12 heteroatoms. The van der Waals surface area contributed by atoms with Crippen LogP contribution in [0.2, 0.25) is 5.02 Å². The maximum absolute atomic E-state index is 14.4. The van der Waals surface area contributed by atoms with Gasteiger partial charge in [0.25, 0.3) is 15.9 Å². The van der Waals surface area contributed by atoms with E-state index in [0.717, 1.165) is 22.5 Å². The van der Waals surface area contributed by atoms with Crippen LogP contribution >= 0.6 is 11.6 Å². The van der Waals surface area contributed by atoms with E-state index in [1.54, 1.807) is 19.1 Å². The molecule has 3 aromatic carbocycles. The van der Waals surface area contributed by atoms with Crippen molar-refractivity contribution in [1.82, 2.24) is 0 Å². The van der Waals surface area contributed by atoms with Gasteiger partial charge in [0, 0.05) is 17.3 Å². The van der Waals surface area contributed by atoms with Crippen LogP contribution in [0.4, 0.5) is 23.2 Å². The van der Waals surface area contributed by atoms with Crippen LogP contribution in [0, 0.1) is 16.6 Å². The summed E-state index contributed by atoms with van der Waals surface area (Å²) in [5.74, 6) is -2.75. The zero-order valence-electron chi connectivity index (χ0n) is 19.7. The highest BCUT2D eigenvalue weighted by Gasteiger charge is 2.38. The first kappa shape index (κ1) is 27.5. The number of carbonyl (C=O) groups is 1. The van der Waals surface area contributed by atoms with Crippen molar-refractivity contribution in [2.45, 2.75) is 24.4 Å². The number of rotatable bonds is 5. The predicted octanol–water partition coefficient (Wildman–Crippen LogP) is 6.72. The summed E-state index contributed by atoms with van der Waals surface area (Å²) >= 11 is 6.15. The van der Waals surface area contributed by atoms with E-state index in [4.69, 9.17) is 11.6 Å². The second-order valence-electron chi connectivity index (χ2n) is 8.70. The lowest BCUT2D eigenvalue weighted by molar-refractivity contribution is -0.137. The van der Waals surface area contributed by atoms with Crippen LogP contribution < -0.4 is 4.31 Å². The number of hydrogen-bond acceptors (Lipinski definition) is 4. The number of nitrogens with zero attached hydrogens (tertiary/aromatic N) is 2. The molecule has 1 unspecified atom stereocenters. The molecule has 0 saturated heterocycles. The van der Waals surface area contributed by atoms with E-state index in [2.05, 4.69) is 5.18 Å². The number of halogens is 5. The van der Waals surface area contributed by atoms with Crippen LogP contribution in [0.25, 0.3) is 11.6 Å². The van der Waals surface area contributed by atoms with Crippen LogP contribution in [0.3, 0.4) is 0 Å². The van der Waals surface area contributed by atoms with E-state index in [0.29, 0.717) is 22.8 Å². The third kappa shape index (κ3) is 5.34. The number of nitroso groups, excluding NO2 is 1. The number of benzene rings is 3. The van der Waals surface area contributed by atoms with Gasteiger partial charge in [-0.15, -0.1) is 4.91 Å². The first-order valence-electron chi connectivity index (χ1n) is 11.2. The van der Waals surface area contributed by atoms with E-state index < -0.39 is 50.8 Å². The summed E-state index contributed by atoms with van der Waals surface area (Å²) in [7, 11) is -4.61. The Morgan fingerprint density at radius 1 is 1.11 bits per heavy atom. The zero-order valence-corrected chi connectivity index (χ0v) is 21.2. The quantitative estimate of drug-likeness (QED) is 0.195. The van der Waals surface area contributed by atoms with Crippen molar-refractivity contribution < 1.29 is 30.8 Å². The van der Waals surface area contributed by atoms with Gasteiger partial charge < -0.3 is 0 Å². The zero-order chi connectivity index (χ0) is 27.8. The summed E-state index contributed by atoms with van der Waals surface area (Å²) in [4.78, 5) is 22.4. The highest BCUT2D eigenvalue weighted by molar-refractivity contribution is 7.92. The molecule has 4 rings (SSSR count). The van der Waals surface area contributed by atoms with Crippen molar-refractivity contribution in [3.8, 4) is 0 Å². The molecule has 0 radical (unpaired) electrons. The number of amides is 1. The summed E-state index contributed by atoms with van der Waals surface area (Å²) in [6.45, 7) is 1.12. The lowest BCUT2D eigenvalue weighted by Crippen LogP contribution is -2.42. The normalized spacial score (nSPS) is 16.2. The van der Waals surface area contributed by atoms with Crippen LogP contribution in [-0.2, 0) is 27.4 Å². The minimum absolute atomic E-state index is 0.00334. The third-order valence-corrected chi connectivity index (χ3v) is 8.25. The molecule has 1 heterocycles. The third-order valence-electron chi connectivity index (χ3n) is 6.16. The van der Waals surface area contributed by atoms with Gasteiger partial charge in [0.15, 0.2) is 0 Å². The van der Waals surface area contributed by atoms with E-state index in [-0.39, 0.29) is 22.7 Å². The highest BCUT2D eigenvalue weighted by Crippen LogP contribution is 2.38. The molecule has 6 nitrogen and oxygen atoms in total. The molecule has 38 heavy (non-hydrogen) atoms. The fraction of sp³-hybridized carbons (Fsp3) is 0.192. The number of fused-ring (bicyclic) bond motifs is 1. The number of alkyl halides is 3. The first-order valence-corrected chi connectivity index (χ1v) is 13.0. The molecule has 1 aliphatic rings. The standard InChI is InChI=1S/C26H19ClF4N2O4S/c1-15(24-21(27)6-3-7-22(24)28)10-16-8-9-17-12-18(25(34)32-35)14-33(23(17)11-16)38(36,37)20-5-2-4-19(13-20)26(29,30)31/h2-11,13,18H,12,14H2,1H3/b15-10+. The first-order chi connectivity index (χ1) is 17.8. The summed E-state index contributed by atoms with van der Waals surface area (Å²) in [5, 5.41) is 2.59. The van der Waals surface area contributed by atoms with Crippen LogP contribution in [0.1, 0.15) is 29.2 Å². The maximum Gasteiger partial charge on any atom is 0.416 e. The number of anilines is 1. The largest absolute Gasteiger partial charge is 0.416 e. The molecule has 0 spiro atoms. The van der Waals surface area contributed by atoms with Crippen molar-refractivity contribution in [2.75, 3.05) is 10.8 Å². The van der Waals surface area contributed by atoms with Gasteiger partial charge in [0.2, 0.25) is 0 Å². The van der Waals surface area contributed by atoms with Gasteiger partial charge in [-0.1, -0.05) is 41.9 Å². The molecule has 1 amide bonds. The SMILES string of the molecule is C/C(=C\c1ccc2c(c1)N(S(=O)(=O)c1cccc(C(F)(F)F)c1)CC(C(=O)N=O)C2)c1c(F)cccc1Cl. The molecule has 0 aromatic heterocycles. The molecule has 0 N–H and O–H groups in total. The van der Waals surface area contributed by atoms with Gasteiger partial charge in [-0.3, -0.25) is 9.10 Å². The van der Waals surface area contributed by atoms with E-state index in [1.165, 1.54) is 30.3 Å². The van der Waals surface area contributed by atoms with Gasteiger partial charge >= 0.3 is 6.18 Å². The van der Waals surface area contributed by atoms with Crippen molar-refractivity contribution in [2.24, 2.45) is 11.1 Å². The number of hydrogen-bond donors (Lipinski definition) is 0. The van der Waals surface area contributed by atoms with Crippen molar-refractivity contribution >= 4 is 44.9 Å². The average Bonchev–Trinajstić information content (AvgIpc) is 2.87. The topological polar surface area (TPSA) is 83.9 Å². The Hall–Kier alpha value is -3.57. The fourth-order valence-electron chi connectivity index (χ4n) is 4.33. The van der Waals surface area contributed by atoms with Crippen molar-refractivity contribution in [1.29, 1.82) is 0 Å². The Balaban J connectivity index is 1.84. The Morgan fingerprint density at radius 3 is 2.47 bits per heavy atom. The molecule has 0 saturated carbocycles. The Labute approximate surface area is 220 Å². The number of allylic oxidation sites excluding steroid dienone is 1. The van der Waals surface area contributed by atoms with Gasteiger partial charge in [-0.25, -0.2) is 12.8 Å². The lowest BCUT2D eigenvalue weighted by Gasteiger charge is -2.34. The summed E-state index contributed by atoms with van der Waals surface area (Å²) in [6.07, 6.45) is -3.21. The van der Waals surface area contributed by atoms with Gasteiger partial charge in [-0.2, -0.15) is 13.2 Å². The predicted molar refractivity (Wildman–Crippen MR) is 135 cm³/mol. The molecular formula is C26H19ClF4N2O4S. The Kier molecular flexibility index (Phi) is 7.44. The summed E-state index contributed by atoms with van der Waals surface area (Å²) in [6, 6.07) is 12.1. The van der Waals surface area contributed by atoms with E-state index in [1.807, 2.05) is 0 Å². The van der Waals surface area contributed by atoms with Crippen LogP contribution in [0.15, 0.2) is 70.7 Å². The molecule has 0 aliphatic carbocycles. The number of sulfonamides is 1. The fourth-order valence-corrected chi connectivity index (χ4v) is 6.23. The summed E-state index contributed by atoms with van der Waals surface area (Å²) < 4.78 is 82.2. The summed E-state index contributed by atoms with van der Waals surface area (Å²) in [5.41, 5.74) is 0.360. The minimum Gasteiger partial charge on any atom is -0.269 e. The molecule has 0 bridgehead atoms. The van der Waals surface area contributed by atoms with Crippen LogP contribution in [0.5, 0.6) is 0 Å². The molecule has 0 fully saturated rings. The average molecular weight is 567 g/mol. The minimum atomic E-state index is -4.78. The maximum atomic E-state index is 14.4. The van der Waals surface area contributed by atoms with E-state index >= 15 is 0 Å². The molecule has 1 atom stereocenters. The molecule has 1 aliphatic heterocycles. The smallest absolute Gasteiger partial charge is 0.269 e. The molecule has 198 valence electrons. The van der Waals surface area contributed by atoms with Gasteiger partial charge in [0.1, 0.15) is 5.82 Å². The lowest BCUT2D eigenvalue weighted by atomic mass is 9.92. The van der Waals surface area contributed by atoms with Gasteiger partial charge in [-0.05, 0) is 66.4 Å². The Morgan fingerprint density at radius 2 is 1.82 bits per heavy atom.